The number of hydrogen-bond donors (Lipinski definition) is 1. The number of carbonyl (C=O) groups excluding carboxylic acids is 1. The minimum absolute atomic E-state index is 0.115. The van der Waals surface area contributed by atoms with Crippen LogP contribution in [0.15, 0.2) is 102 Å². The van der Waals surface area contributed by atoms with Crippen LogP contribution >= 0.6 is 0 Å². The van der Waals surface area contributed by atoms with Gasteiger partial charge in [0.15, 0.2) is 6.61 Å². The monoisotopic (exact) mass is 394 g/mol. The third-order valence-corrected chi connectivity index (χ3v) is 4.86. The van der Waals surface area contributed by atoms with Crippen molar-refractivity contribution in [3.8, 4) is 16.9 Å². The molecule has 0 heterocycles. The van der Waals surface area contributed by atoms with E-state index >= 15 is 0 Å². The number of rotatable bonds is 6. The fourth-order valence-electron chi connectivity index (χ4n) is 3.37. The van der Waals surface area contributed by atoms with Gasteiger partial charge in [0, 0.05) is 11.1 Å². The number of hydrazone groups is 1. The first-order valence-corrected chi connectivity index (χ1v) is 9.81. The molecule has 0 spiro atoms. The summed E-state index contributed by atoms with van der Waals surface area (Å²) in [6.45, 7) is 1.77. The van der Waals surface area contributed by atoms with Crippen molar-refractivity contribution in [2.75, 3.05) is 6.61 Å². The van der Waals surface area contributed by atoms with E-state index in [9.17, 15) is 4.79 Å². The van der Waals surface area contributed by atoms with Crippen LogP contribution in [0, 0.1) is 0 Å². The third-order valence-electron chi connectivity index (χ3n) is 4.86. The highest BCUT2D eigenvalue weighted by molar-refractivity contribution is 6.09. The summed E-state index contributed by atoms with van der Waals surface area (Å²) in [5.74, 6) is 0.353. The van der Waals surface area contributed by atoms with Crippen LogP contribution in [0.5, 0.6) is 5.75 Å². The summed E-state index contributed by atoms with van der Waals surface area (Å²) in [5.41, 5.74) is 6.32. The predicted molar refractivity (Wildman–Crippen MR) is 122 cm³/mol. The average molecular weight is 394 g/mol. The van der Waals surface area contributed by atoms with E-state index < -0.39 is 0 Å². The first kappa shape index (κ1) is 19.4. The molecule has 0 saturated carbocycles. The SMILES string of the molecule is C/C(=N/NC(=O)COc1ccccc1-c1ccccc1)c1cccc2ccccc12. The smallest absolute Gasteiger partial charge is 0.277 e. The molecule has 30 heavy (non-hydrogen) atoms. The molecule has 0 fully saturated rings. The molecule has 0 aliphatic carbocycles. The molecule has 4 aromatic carbocycles. The summed E-state index contributed by atoms with van der Waals surface area (Å²) >= 11 is 0. The Hall–Kier alpha value is -3.92. The van der Waals surface area contributed by atoms with Crippen LogP contribution in [0.25, 0.3) is 21.9 Å². The van der Waals surface area contributed by atoms with E-state index in [4.69, 9.17) is 4.74 Å². The van der Waals surface area contributed by atoms with Crippen molar-refractivity contribution in [1.29, 1.82) is 0 Å². The molecule has 0 unspecified atom stereocenters. The van der Waals surface area contributed by atoms with Crippen molar-refractivity contribution in [1.82, 2.24) is 5.43 Å². The number of carbonyl (C=O) groups is 1. The Kier molecular flexibility index (Phi) is 5.85. The van der Waals surface area contributed by atoms with E-state index in [1.807, 2.05) is 85.8 Å². The van der Waals surface area contributed by atoms with E-state index in [0.29, 0.717) is 5.75 Å². The molecule has 4 rings (SSSR count). The molecule has 4 nitrogen and oxygen atoms in total. The molecular formula is C26H22N2O2. The fourth-order valence-corrected chi connectivity index (χ4v) is 3.37. The Bertz CT molecular complexity index is 1190. The van der Waals surface area contributed by atoms with Crippen molar-refractivity contribution in [3.63, 3.8) is 0 Å². The second-order valence-corrected chi connectivity index (χ2v) is 6.91. The normalized spacial score (nSPS) is 11.3. The topological polar surface area (TPSA) is 50.7 Å². The van der Waals surface area contributed by atoms with Gasteiger partial charge >= 0.3 is 0 Å². The lowest BCUT2D eigenvalue weighted by atomic mass is 10.0. The Labute approximate surface area is 175 Å². The highest BCUT2D eigenvalue weighted by Gasteiger charge is 2.09. The third kappa shape index (κ3) is 4.39. The van der Waals surface area contributed by atoms with Crippen LogP contribution in [-0.4, -0.2) is 18.2 Å². The van der Waals surface area contributed by atoms with Gasteiger partial charge in [-0.3, -0.25) is 4.79 Å². The molecule has 0 bridgehead atoms. The number of fused-ring (bicyclic) bond motifs is 1. The maximum absolute atomic E-state index is 12.3. The van der Waals surface area contributed by atoms with E-state index in [0.717, 1.165) is 33.2 Å². The summed E-state index contributed by atoms with van der Waals surface area (Å²) < 4.78 is 5.78. The summed E-state index contributed by atoms with van der Waals surface area (Å²) in [6.07, 6.45) is 0. The maximum atomic E-state index is 12.3. The summed E-state index contributed by atoms with van der Waals surface area (Å²) in [5, 5.41) is 6.51. The molecule has 0 radical (unpaired) electrons. The van der Waals surface area contributed by atoms with Gasteiger partial charge in [0.2, 0.25) is 0 Å². The molecule has 0 saturated heterocycles. The van der Waals surface area contributed by atoms with E-state index in [1.54, 1.807) is 0 Å². The van der Waals surface area contributed by atoms with E-state index in [2.05, 4.69) is 28.7 Å². The fraction of sp³-hybridized carbons (Fsp3) is 0.0769. The number of ether oxygens (including phenoxy) is 1. The van der Waals surface area contributed by atoms with Crippen LogP contribution in [0.4, 0.5) is 0 Å². The van der Waals surface area contributed by atoms with Crippen molar-refractivity contribution in [2.24, 2.45) is 5.10 Å². The summed E-state index contributed by atoms with van der Waals surface area (Å²) in [4.78, 5) is 12.3. The lowest BCUT2D eigenvalue weighted by molar-refractivity contribution is -0.123. The van der Waals surface area contributed by atoms with E-state index in [1.165, 1.54) is 0 Å². The van der Waals surface area contributed by atoms with Gasteiger partial charge in [0.1, 0.15) is 5.75 Å². The number of para-hydroxylation sites is 1. The minimum Gasteiger partial charge on any atom is -0.483 e. The maximum Gasteiger partial charge on any atom is 0.277 e. The van der Waals surface area contributed by atoms with Gasteiger partial charge in [-0.05, 0) is 29.3 Å². The molecule has 1 N–H and O–H groups in total. The number of benzene rings is 4. The molecule has 1 amide bonds. The van der Waals surface area contributed by atoms with E-state index in [-0.39, 0.29) is 12.5 Å². The predicted octanol–water partition coefficient (Wildman–Crippen LogP) is 5.43. The van der Waals surface area contributed by atoms with Crippen LogP contribution < -0.4 is 10.2 Å². The van der Waals surface area contributed by atoms with Gasteiger partial charge in [-0.15, -0.1) is 0 Å². The molecular weight excluding hydrogens is 372 g/mol. The first-order chi connectivity index (χ1) is 14.7. The number of amides is 1. The lowest BCUT2D eigenvalue weighted by Crippen LogP contribution is -2.25. The van der Waals surface area contributed by atoms with Crippen molar-refractivity contribution < 1.29 is 9.53 Å². The molecule has 0 aliphatic rings. The zero-order chi connectivity index (χ0) is 20.8. The van der Waals surface area contributed by atoms with Gasteiger partial charge in [-0.25, -0.2) is 5.43 Å². The van der Waals surface area contributed by atoms with Crippen molar-refractivity contribution >= 4 is 22.4 Å². The van der Waals surface area contributed by atoms with Gasteiger partial charge in [0.05, 0.1) is 5.71 Å². The van der Waals surface area contributed by atoms with Gasteiger partial charge < -0.3 is 4.74 Å². The minimum atomic E-state index is -0.308. The quantitative estimate of drug-likeness (QED) is 0.350. The number of nitrogens with zero attached hydrogens (tertiary/aromatic N) is 1. The molecule has 0 aromatic heterocycles. The molecule has 148 valence electrons. The Morgan fingerprint density at radius 2 is 1.53 bits per heavy atom. The second-order valence-electron chi connectivity index (χ2n) is 6.91. The Morgan fingerprint density at radius 1 is 0.833 bits per heavy atom. The first-order valence-electron chi connectivity index (χ1n) is 9.81. The highest BCUT2D eigenvalue weighted by atomic mass is 16.5. The van der Waals surface area contributed by atoms with Gasteiger partial charge in [-0.2, -0.15) is 5.10 Å². The van der Waals surface area contributed by atoms with Crippen LogP contribution in [-0.2, 0) is 4.79 Å². The highest BCUT2D eigenvalue weighted by Crippen LogP contribution is 2.29. The van der Waals surface area contributed by atoms with Crippen LogP contribution in [0.1, 0.15) is 12.5 Å². The standard InChI is InChI=1S/C26H22N2O2/c1-19(22-16-9-13-20-12-5-6-14-23(20)22)27-28-26(29)18-30-25-17-8-7-15-24(25)21-10-3-2-4-11-21/h2-17H,18H2,1H3,(H,28,29)/b27-19-. The molecule has 0 aliphatic heterocycles. The Balaban J connectivity index is 1.44. The largest absolute Gasteiger partial charge is 0.483 e. The average Bonchev–Trinajstić information content (AvgIpc) is 2.81. The van der Waals surface area contributed by atoms with Gasteiger partial charge in [-0.1, -0.05) is 91.0 Å². The second kappa shape index (κ2) is 9.05. The zero-order valence-corrected chi connectivity index (χ0v) is 16.7. The molecule has 0 atom stereocenters. The van der Waals surface area contributed by atoms with Crippen molar-refractivity contribution in [2.45, 2.75) is 6.92 Å². The lowest BCUT2D eigenvalue weighted by Gasteiger charge is -2.11. The summed E-state index contributed by atoms with van der Waals surface area (Å²) in [6, 6.07) is 31.8. The van der Waals surface area contributed by atoms with Gasteiger partial charge in [0.25, 0.3) is 5.91 Å². The zero-order valence-electron chi connectivity index (χ0n) is 16.7. The molecule has 4 aromatic rings. The van der Waals surface area contributed by atoms with Crippen molar-refractivity contribution in [3.05, 3.63) is 103 Å². The summed E-state index contributed by atoms with van der Waals surface area (Å²) in [7, 11) is 0. The molecule has 4 heteroatoms. The number of hydrogen-bond acceptors (Lipinski definition) is 3. The van der Waals surface area contributed by atoms with Crippen LogP contribution in [0.3, 0.4) is 0 Å². The Morgan fingerprint density at radius 3 is 2.40 bits per heavy atom. The number of nitrogens with one attached hydrogen (secondary N) is 1. The van der Waals surface area contributed by atoms with Crippen LogP contribution in [0.2, 0.25) is 0 Å².